The molecule has 0 saturated carbocycles. The number of hydrogen-bond donors (Lipinski definition) is 2. The first-order valence-electron chi connectivity index (χ1n) is 12.3. The first kappa shape index (κ1) is 24.5. The molecule has 4 aromatic heterocycles. The number of benzene rings is 2. The SMILES string of the molecule is C[C@H](NC(=O)c1c(N)nn2nnccc12)c1nc2cccc(C#Cc3cnn(C)c3)c2c(=O)n1-c1ccccc1. The highest BCUT2D eigenvalue weighted by atomic mass is 16.2. The second-order valence-corrected chi connectivity index (χ2v) is 9.05. The van der Waals surface area contributed by atoms with Gasteiger partial charge in [0.2, 0.25) is 0 Å². The standard InChI is InChI=1S/C28H22N10O2/c1-17(32-27(39)24-22-13-14-30-35-38(22)34-25(24)29)26-33-21-10-6-7-19(12-11-18-15-31-36(2)16-18)23(21)28(40)37(26)20-8-4-3-5-9-20/h3-10,13-17H,1-2H3,(H2,29,34)(H,32,39)/t17-/m0/s1. The number of aromatic nitrogens is 8. The van der Waals surface area contributed by atoms with E-state index in [0.717, 1.165) is 5.56 Å². The summed E-state index contributed by atoms with van der Waals surface area (Å²) in [5.74, 6) is 6.02. The van der Waals surface area contributed by atoms with Gasteiger partial charge in [0, 0.05) is 18.8 Å². The Kier molecular flexibility index (Phi) is 6.01. The Morgan fingerprint density at radius 1 is 1.07 bits per heavy atom. The highest BCUT2D eigenvalue weighted by molar-refractivity contribution is 6.05. The number of fused-ring (bicyclic) bond motifs is 2. The number of aryl methyl sites for hydroxylation is 1. The van der Waals surface area contributed by atoms with Gasteiger partial charge < -0.3 is 11.1 Å². The summed E-state index contributed by atoms with van der Waals surface area (Å²) in [5.41, 5.74) is 8.59. The van der Waals surface area contributed by atoms with E-state index in [9.17, 15) is 9.59 Å². The van der Waals surface area contributed by atoms with E-state index >= 15 is 0 Å². The van der Waals surface area contributed by atoms with Crippen LogP contribution in [0.3, 0.4) is 0 Å². The van der Waals surface area contributed by atoms with Crippen LogP contribution in [-0.2, 0) is 7.05 Å². The molecule has 0 aliphatic rings. The van der Waals surface area contributed by atoms with Crippen LogP contribution in [0.2, 0.25) is 0 Å². The van der Waals surface area contributed by atoms with Crippen molar-refractivity contribution in [3.8, 4) is 17.5 Å². The average molecular weight is 531 g/mol. The maximum absolute atomic E-state index is 14.1. The number of carbonyl (C=O) groups excluding carboxylic acids is 1. The van der Waals surface area contributed by atoms with Crippen molar-refractivity contribution < 1.29 is 4.79 Å². The summed E-state index contributed by atoms with van der Waals surface area (Å²) in [6.45, 7) is 1.75. The Morgan fingerprint density at radius 3 is 2.67 bits per heavy atom. The maximum atomic E-state index is 14.1. The highest BCUT2D eigenvalue weighted by Crippen LogP contribution is 2.22. The molecule has 12 heteroatoms. The van der Waals surface area contributed by atoms with Crippen molar-refractivity contribution in [3.63, 3.8) is 0 Å². The molecular weight excluding hydrogens is 508 g/mol. The number of nitrogens with zero attached hydrogens (tertiary/aromatic N) is 8. The summed E-state index contributed by atoms with van der Waals surface area (Å²) >= 11 is 0. The minimum Gasteiger partial charge on any atom is -0.381 e. The van der Waals surface area contributed by atoms with Crippen LogP contribution in [0.5, 0.6) is 0 Å². The van der Waals surface area contributed by atoms with Crippen molar-refractivity contribution in [1.29, 1.82) is 0 Å². The van der Waals surface area contributed by atoms with Gasteiger partial charge in [0.15, 0.2) is 5.82 Å². The monoisotopic (exact) mass is 530 g/mol. The number of nitrogens with two attached hydrogens (primary N) is 1. The van der Waals surface area contributed by atoms with Crippen LogP contribution in [0, 0.1) is 11.8 Å². The summed E-state index contributed by atoms with van der Waals surface area (Å²) in [7, 11) is 1.81. The van der Waals surface area contributed by atoms with Crippen molar-refractivity contribution >= 4 is 28.1 Å². The number of carbonyl (C=O) groups is 1. The zero-order valence-electron chi connectivity index (χ0n) is 21.5. The molecule has 0 unspecified atom stereocenters. The molecule has 12 nitrogen and oxygen atoms in total. The van der Waals surface area contributed by atoms with E-state index in [-0.39, 0.29) is 16.9 Å². The Balaban J connectivity index is 1.48. The summed E-state index contributed by atoms with van der Waals surface area (Å²) in [4.78, 5) is 32.3. The molecule has 1 atom stereocenters. The Morgan fingerprint density at radius 2 is 1.90 bits per heavy atom. The maximum Gasteiger partial charge on any atom is 0.267 e. The Bertz CT molecular complexity index is 2030. The van der Waals surface area contributed by atoms with Gasteiger partial charge >= 0.3 is 0 Å². The number of hydrogen-bond acceptors (Lipinski definition) is 8. The van der Waals surface area contributed by atoms with Gasteiger partial charge in [-0.15, -0.1) is 14.8 Å². The van der Waals surface area contributed by atoms with Gasteiger partial charge in [-0.2, -0.15) is 5.10 Å². The van der Waals surface area contributed by atoms with Crippen molar-refractivity contribution in [2.45, 2.75) is 13.0 Å². The van der Waals surface area contributed by atoms with Gasteiger partial charge in [-0.1, -0.05) is 36.1 Å². The molecule has 0 saturated heterocycles. The first-order valence-corrected chi connectivity index (χ1v) is 12.3. The summed E-state index contributed by atoms with van der Waals surface area (Å²) in [6.07, 6.45) is 4.90. The van der Waals surface area contributed by atoms with Crippen LogP contribution in [0.15, 0.2) is 78.0 Å². The molecule has 196 valence electrons. The van der Waals surface area contributed by atoms with Gasteiger partial charge in [-0.05, 0) is 42.5 Å². The third-order valence-electron chi connectivity index (χ3n) is 6.31. The van der Waals surface area contributed by atoms with E-state index in [1.165, 1.54) is 15.4 Å². The predicted octanol–water partition coefficient (Wildman–Crippen LogP) is 2.03. The molecule has 0 aliphatic heterocycles. The molecule has 0 fully saturated rings. The Hall–Kier alpha value is -5.83. The molecule has 6 aromatic rings. The molecule has 1 amide bonds. The normalized spacial score (nSPS) is 11.8. The molecule has 4 heterocycles. The number of nitrogens with one attached hydrogen (secondary N) is 1. The van der Waals surface area contributed by atoms with Crippen molar-refractivity contribution in [1.82, 2.24) is 44.7 Å². The Labute approximate surface area is 227 Å². The van der Waals surface area contributed by atoms with E-state index in [1.807, 2.05) is 25.2 Å². The fourth-order valence-corrected chi connectivity index (χ4v) is 4.50. The van der Waals surface area contributed by atoms with Crippen molar-refractivity contribution in [2.75, 3.05) is 5.73 Å². The number of amides is 1. The molecule has 2 aromatic carbocycles. The largest absolute Gasteiger partial charge is 0.381 e. The zero-order valence-corrected chi connectivity index (χ0v) is 21.5. The van der Waals surface area contributed by atoms with Gasteiger partial charge in [0.05, 0.1) is 40.6 Å². The van der Waals surface area contributed by atoms with Crippen molar-refractivity contribution in [3.05, 3.63) is 106 Å². The first-order chi connectivity index (χ1) is 19.4. The number of anilines is 1. The lowest BCUT2D eigenvalue weighted by atomic mass is 10.1. The quantitative estimate of drug-likeness (QED) is 0.329. The third kappa shape index (κ3) is 4.31. The lowest BCUT2D eigenvalue weighted by Gasteiger charge is -2.20. The van der Waals surface area contributed by atoms with Crippen LogP contribution < -0.4 is 16.6 Å². The minimum atomic E-state index is -0.695. The van der Waals surface area contributed by atoms with Crippen LogP contribution in [0.25, 0.3) is 22.1 Å². The second-order valence-electron chi connectivity index (χ2n) is 9.05. The molecule has 40 heavy (non-hydrogen) atoms. The smallest absolute Gasteiger partial charge is 0.267 e. The van der Waals surface area contributed by atoms with Gasteiger partial charge in [-0.25, -0.2) is 4.98 Å². The van der Waals surface area contributed by atoms with E-state index in [2.05, 4.69) is 37.7 Å². The number of rotatable bonds is 4. The topological polar surface area (TPSA) is 151 Å². The fourth-order valence-electron chi connectivity index (χ4n) is 4.50. The lowest BCUT2D eigenvalue weighted by molar-refractivity contribution is 0.0940. The van der Waals surface area contributed by atoms with E-state index in [4.69, 9.17) is 10.7 Å². The molecule has 3 N–H and O–H groups in total. The zero-order chi connectivity index (χ0) is 27.8. The third-order valence-corrected chi connectivity index (χ3v) is 6.31. The van der Waals surface area contributed by atoms with Gasteiger partial charge in [0.25, 0.3) is 11.5 Å². The number of para-hydroxylation sites is 1. The predicted molar refractivity (Wildman–Crippen MR) is 148 cm³/mol. The van der Waals surface area contributed by atoms with E-state index < -0.39 is 11.9 Å². The highest BCUT2D eigenvalue weighted by Gasteiger charge is 2.24. The minimum absolute atomic E-state index is 0.00829. The molecule has 6 rings (SSSR count). The molecule has 0 radical (unpaired) electrons. The van der Waals surface area contributed by atoms with Crippen LogP contribution in [0.4, 0.5) is 5.82 Å². The van der Waals surface area contributed by atoms with Gasteiger partial charge in [0.1, 0.15) is 16.9 Å². The van der Waals surface area contributed by atoms with E-state index in [1.54, 1.807) is 60.4 Å². The fraction of sp³-hybridized carbons (Fsp3) is 0.107. The molecule has 0 spiro atoms. The molecule has 0 aliphatic carbocycles. The lowest BCUT2D eigenvalue weighted by Crippen LogP contribution is -2.33. The van der Waals surface area contributed by atoms with Crippen LogP contribution >= 0.6 is 0 Å². The van der Waals surface area contributed by atoms with Crippen LogP contribution in [-0.4, -0.2) is 45.3 Å². The molecule has 0 bridgehead atoms. The average Bonchev–Trinajstić information content (AvgIpc) is 3.53. The van der Waals surface area contributed by atoms with Crippen LogP contribution in [0.1, 0.15) is 40.3 Å². The summed E-state index contributed by atoms with van der Waals surface area (Å²) < 4.78 is 4.34. The summed E-state index contributed by atoms with van der Waals surface area (Å²) in [6, 6.07) is 15.3. The molecular formula is C28H22N10O2. The number of nitrogen functional groups attached to an aromatic ring is 1. The second kappa shape index (κ2) is 9.80. The van der Waals surface area contributed by atoms with E-state index in [0.29, 0.717) is 33.5 Å². The van der Waals surface area contributed by atoms with Crippen molar-refractivity contribution in [2.24, 2.45) is 7.05 Å². The summed E-state index contributed by atoms with van der Waals surface area (Å²) in [5, 5.41) is 19.1. The van der Waals surface area contributed by atoms with Gasteiger partial charge in [-0.3, -0.25) is 18.8 Å².